The van der Waals surface area contributed by atoms with Crippen LogP contribution in [0.25, 0.3) is 0 Å². The molecule has 3 rings (SSSR count). The Morgan fingerprint density at radius 1 is 1.25 bits per heavy atom. The highest BCUT2D eigenvalue weighted by Crippen LogP contribution is 2.28. The minimum absolute atomic E-state index is 0.0430. The summed E-state index contributed by atoms with van der Waals surface area (Å²) in [6.45, 7) is 6.87. The number of rotatable bonds is 5. The first-order chi connectivity index (χ1) is 9.78. The van der Waals surface area contributed by atoms with Crippen molar-refractivity contribution in [2.75, 3.05) is 39.4 Å². The Bertz CT molecular complexity index is 340. The summed E-state index contributed by atoms with van der Waals surface area (Å²) in [5.74, 6) is 0.721. The van der Waals surface area contributed by atoms with Crippen LogP contribution in [0.1, 0.15) is 32.6 Å². The van der Waals surface area contributed by atoms with Crippen LogP contribution in [-0.4, -0.2) is 67.4 Å². The van der Waals surface area contributed by atoms with Gasteiger partial charge in [0.05, 0.1) is 19.8 Å². The van der Waals surface area contributed by atoms with Crippen molar-refractivity contribution in [2.24, 2.45) is 5.92 Å². The van der Waals surface area contributed by atoms with E-state index in [0.717, 1.165) is 32.5 Å². The molecule has 0 aromatic heterocycles. The van der Waals surface area contributed by atoms with E-state index in [0.29, 0.717) is 37.6 Å². The summed E-state index contributed by atoms with van der Waals surface area (Å²) in [6, 6.07) is 0.523. The molecule has 2 heterocycles. The second kappa shape index (κ2) is 6.41. The van der Waals surface area contributed by atoms with Crippen LogP contribution in [0.2, 0.25) is 0 Å². The number of hydrogen-bond acceptors (Lipinski definition) is 4. The lowest BCUT2D eigenvalue weighted by Crippen LogP contribution is -2.47. The van der Waals surface area contributed by atoms with Gasteiger partial charge < -0.3 is 14.4 Å². The van der Waals surface area contributed by atoms with Crippen molar-refractivity contribution < 1.29 is 14.3 Å². The van der Waals surface area contributed by atoms with E-state index < -0.39 is 0 Å². The second-order valence-corrected chi connectivity index (χ2v) is 6.16. The molecule has 1 atom stereocenters. The van der Waals surface area contributed by atoms with Crippen LogP contribution in [0.4, 0.5) is 0 Å². The molecule has 0 spiro atoms. The van der Waals surface area contributed by atoms with E-state index in [-0.39, 0.29) is 6.29 Å². The first kappa shape index (κ1) is 14.3. The van der Waals surface area contributed by atoms with Crippen LogP contribution in [0.5, 0.6) is 0 Å². The zero-order valence-corrected chi connectivity index (χ0v) is 12.4. The summed E-state index contributed by atoms with van der Waals surface area (Å²) in [7, 11) is 0. The van der Waals surface area contributed by atoms with Gasteiger partial charge in [-0.2, -0.15) is 0 Å². The fraction of sp³-hybridized carbons (Fsp3) is 0.933. The van der Waals surface area contributed by atoms with Crippen molar-refractivity contribution in [3.63, 3.8) is 0 Å². The molecule has 0 N–H and O–H groups in total. The molecule has 1 unspecified atom stereocenters. The Hall–Kier alpha value is -0.650. The highest BCUT2D eigenvalue weighted by atomic mass is 16.7. The number of carbonyl (C=O) groups is 1. The molecule has 0 aromatic rings. The van der Waals surface area contributed by atoms with E-state index in [2.05, 4.69) is 11.8 Å². The molecule has 0 radical (unpaired) electrons. The fourth-order valence-electron chi connectivity index (χ4n) is 3.41. The van der Waals surface area contributed by atoms with Crippen molar-refractivity contribution in [1.29, 1.82) is 0 Å². The summed E-state index contributed by atoms with van der Waals surface area (Å²) in [4.78, 5) is 16.7. The molecule has 0 aromatic carbocycles. The fourth-order valence-corrected chi connectivity index (χ4v) is 3.41. The van der Waals surface area contributed by atoms with Gasteiger partial charge in [0.15, 0.2) is 6.29 Å². The van der Waals surface area contributed by atoms with E-state index >= 15 is 0 Å². The zero-order valence-electron chi connectivity index (χ0n) is 12.4. The first-order valence-electron chi connectivity index (χ1n) is 8.03. The van der Waals surface area contributed by atoms with Gasteiger partial charge in [-0.15, -0.1) is 0 Å². The molecule has 1 amide bonds. The molecule has 5 nitrogen and oxygen atoms in total. The second-order valence-electron chi connectivity index (χ2n) is 6.16. The van der Waals surface area contributed by atoms with Gasteiger partial charge in [-0.1, -0.05) is 0 Å². The summed E-state index contributed by atoms with van der Waals surface area (Å²) in [5, 5.41) is 0. The largest absolute Gasteiger partial charge is 0.350 e. The number of ether oxygens (including phenoxy) is 2. The van der Waals surface area contributed by atoms with Crippen LogP contribution < -0.4 is 0 Å². The van der Waals surface area contributed by atoms with E-state index in [4.69, 9.17) is 9.47 Å². The minimum atomic E-state index is -0.0430. The third-order valence-corrected chi connectivity index (χ3v) is 4.58. The van der Waals surface area contributed by atoms with Crippen LogP contribution in [-0.2, 0) is 14.3 Å². The normalized spacial score (nSPS) is 28.8. The monoisotopic (exact) mass is 282 g/mol. The zero-order chi connectivity index (χ0) is 13.9. The molecule has 20 heavy (non-hydrogen) atoms. The number of likely N-dealkylation sites (tertiary alicyclic amines) is 1. The van der Waals surface area contributed by atoms with Gasteiger partial charge in [-0.25, -0.2) is 0 Å². The molecular weight excluding hydrogens is 256 g/mol. The van der Waals surface area contributed by atoms with Crippen LogP contribution in [0.15, 0.2) is 0 Å². The van der Waals surface area contributed by atoms with Gasteiger partial charge >= 0.3 is 0 Å². The lowest BCUT2D eigenvalue weighted by molar-refractivity contribution is -0.135. The quantitative estimate of drug-likeness (QED) is 0.757. The Morgan fingerprint density at radius 3 is 2.65 bits per heavy atom. The molecule has 3 fully saturated rings. The molecule has 1 saturated carbocycles. The maximum Gasteiger partial charge on any atom is 0.236 e. The summed E-state index contributed by atoms with van der Waals surface area (Å²) < 4.78 is 11.2. The van der Waals surface area contributed by atoms with E-state index in [1.54, 1.807) is 0 Å². The van der Waals surface area contributed by atoms with Gasteiger partial charge in [0.2, 0.25) is 5.91 Å². The number of piperidine rings is 1. The molecule has 5 heteroatoms. The van der Waals surface area contributed by atoms with Crippen LogP contribution >= 0.6 is 0 Å². The van der Waals surface area contributed by atoms with E-state index in [1.165, 1.54) is 12.8 Å². The maximum absolute atomic E-state index is 12.4. The predicted octanol–water partition coefficient (Wildman–Crippen LogP) is 1.08. The minimum Gasteiger partial charge on any atom is -0.350 e. The third-order valence-electron chi connectivity index (χ3n) is 4.58. The molecule has 0 bridgehead atoms. The Balaban J connectivity index is 1.50. The molecule has 1 aliphatic carbocycles. The van der Waals surface area contributed by atoms with E-state index in [9.17, 15) is 4.79 Å². The van der Waals surface area contributed by atoms with Crippen LogP contribution in [0, 0.1) is 5.92 Å². The van der Waals surface area contributed by atoms with Crippen molar-refractivity contribution in [2.45, 2.75) is 44.9 Å². The van der Waals surface area contributed by atoms with Crippen molar-refractivity contribution in [3.05, 3.63) is 0 Å². The lowest BCUT2D eigenvalue weighted by atomic mass is 9.97. The molecule has 2 aliphatic heterocycles. The van der Waals surface area contributed by atoms with Crippen molar-refractivity contribution in [3.8, 4) is 0 Å². The average molecular weight is 282 g/mol. The van der Waals surface area contributed by atoms with Gasteiger partial charge in [0.1, 0.15) is 0 Å². The highest BCUT2D eigenvalue weighted by Gasteiger charge is 2.34. The van der Waals surface area contributed by atoms with Crippen molar-refractivity contribution in [1.82, 2.24) is 9.80 Å². The van der Waals surface area contributed by atoms with Crippen molar-refractivity contribution >= 4 is 5.91 Å². The SMILES string of the molecule is CCN(C(=O)CN1CCCC(C2OCCO2)C1)C1CC1. The van der Waals surface area contributed by atoms with Gasteiger partial charge in [-0.05, 0) is 39.2 Å². The predicted molar refractivity (Wildman–Crippen MR) is 75.3 cm³/mol. The number of likely N-dealkylation sites (N-methyl/N-ethyl adjacent to an activating group) is 1. The topological polar surface area (TPSA) is 42.0 Å². The standard InChI is InChI=1S/C15H26N2O3/c1-2-17(13-5-6-13)14(18)11-16-7-3-4-12(10-16)15-19-8-9-20-15/h12-13,15H,2-11H2,1H3. The highest BCUT2D eigenvalue weighted by molar-refractivity contribution is 5.78. The van der Waals surface area contributed by atoms with Gasteiger partial charge in [0.25, 0.3) is 0 Å². The number of nitrogens with zero attached hydrogens (tertiary/aromatic N) is 2. The Kier molecular flexibility index (Phi) is 4.58. The molecular formula is C15H26N2O3. The smallest absolute Gasteiger partial charge is 0.236 e. The lowest BCUT2D eigenvalue weighted by Gasteiger charge is -2.35. The van der Waals surface area contributed by atoms with Gasteiger partial charge in [-0.3, -0.25) is 9.69 Å². The summed E-state index contributed by atoms with van der Waals surface area (Å²) >= 11 is 0. The van der Waals surface area contributed by atoms with Crippen LogP contribution in [0.3, 0.4) is 0 Å². The Labute approximate surface area is 121 Å². The summed E-state index contributed by atoms with van der Waals surface area (Å²) in [5.41, 5.74) is 0. The number of amides is 1. The molecule has 114 valence electrons. The molecule has 2 saturated heterocycles. The van der Waals surface area contributed by atoms with E-state index in [1.807, 2.05) is 4.90 Å². The number of carbonyl (C=O) groups excluding carboxylic acids is 1. The first-order valence-corrected chi connectivity index (χ1v) is 8.03. The summed E-state index contributed by atoms with van der Waals surface area (Å²) in [6.07, 6.45) is 4.61. The maximum atomic E-state index is 12.4. The number of hydrogen-bond donors (Lipinski definition) is 0. The third kappa shape index (κ3) is 3.32. The average Bonchev–Trinajstić information content (AvgIpc) is 3.13. The van der Waals surface area contributed by atoms with Gasteiger partial charge in [0, 0.05) is 25.0 Å². The Morgan fingerprint density at radius 2 is 2.00 bits per heavy atom. The molecule has 3 aliphatic rings.